The number of esters is 2. The predicted molar refractivity (Wildman–Crippen MR) is 102 cm³/mol. The summed E-state index contributed by atoms with van der Waals surface area (Å²) in [5.41, 5.74) is 2.35. The van der Waals surface area contributed by atoms with Crippen molar-refractivity contribution in [1.82, 2.24) is 0 Å². The molecule has 0 amide bonds. The number of hydrogen-bond acceptors (Lipinski definition) is 6. The van der Waals surface area contributed by atoms with Gasteiger partial charge in [-0.3, -0.25) is 0 Å². The van der Waals surface area contributed by atoms with Crippen molar-refractivity contribution in [3.05, 3.63) is 58.7 Å². The number of benzene rings is 1. The van der Waals surface area contributed by atoms with Gasteiger partial charge < -0.3 is 14.2 Å². The van der Waals surface area contributed by atoms with Crippen LogP contribution in [-0.4, -0.2) is 31.3 Å². The van der Waals surface area contributed by atoms with Gasteiger partial charge in [0.25, 0.3) is 0 Å². The van der Waals surface area contributed by atoms with Crippen LogP contribution in [0.5, 0.6) is 0 Å². The molecule has 1 aromatic rings. The first-order valence-electron chi connectivity index (χ1n) is 8.79. The maximum atomic E-state index is 12.3. The fourth-order valence-electron chi connectivity index (χ4n) is 2.15. The first-order chi connectivity index (χ1) is 12.8. The second-order valence-electron chi connectivity index (χ2n) is 6.09. The number of ether oxygens (including phenoxy) is 3. The summed E-state index contributed by atoms with van der Waals surface area (Å²) in [6.07, 6.45) is 4.68. The standard InChI is InChI=1S/C21H26O6/c1-5-25-21(24)27-20(23)18-12-7-6-11-17(18)19(22)26-14-13-16(4)10-8-9-15(2)3/h6-7,9,11-13H,5,8,10,14H2,1-4H3/b16-13+. The highest BCUT2D eigenvalue weighted by molar-refractivity contribution is 6.05. The predicted octanol–water partition coefficient (Wildman–Crippen LogP) is 4.85. The van der Waals surface area contributed by atoms with Crippen LogP contribution in [0.2, 0.25) is 0 Å². The van der Waals surface area contributed by atoms with Gasteiger partial charge in [-0.15, -0.1) is 0 Å². The monoisotopic (exact) mass is 374 g/mol. The quantitative estimate of drug-likeness (QED) is 0.368. The maximum absolute atomic E-state index is 12.3. The van der Waals surface area contributed by atoms with Crippen LogP contribution < -0.4 is 0 Å². The van der Waals surface area contributed by atoms with Crippen LogP contribution in [0.25, 0.3) is 0 Å². The molecule has 0 radical (unpaired) electrons. The molecule has 0 fully saturated rings. The smallest absolute Gasteiger partial charge is 0.458 e. The maximum Gasteiger partial charge on any atom is 0.516 e. The topological polar surface area (TPSA) is 78.9 Å². The molecule has 0 N–H and O–H groups in total. The van der Waals surface area contributed by atoms with Crippen molar-refractivity contribution < 1.29 is 28.6 Å². The van der Waals surface area contributed by atoms with E-state index < -0.39 is 18.1 Å². The molecule has 0 bridgehead atoms. The highest BCUT2D eigenvalue weighted by Gasteiger charge is 2.21. The van der Waals surface area contributed by atoms with E-state index in [0.717, 1.165) is 18.4 Å². The third kappa shape index (κ3) is 8.35. The molecule has 0 saturated carbocycles. The average molecular weight is 374 g/mol. The number of carbonyl (C=O) groups excluding carboxylic acids is 3. The Morgan fingerprint density at radius 2 is 1.56 bits per heavy atom. The molecule has 0 heterocycles. The van der Waals surface area contributed by atoms with Crippen LogP contribution in [-0.2, 0) is 14.2 Å². The Bertz CT molecular complexity index is 726. The molecule has 0 aliphatic carbocycles. The van der Waals surface area contributed by atoms with Crippen molar-refractivity contribution in [3.63, 3.8) is 0 Å². The molecular formula is C21H26O6. The van der Waals surface area contributed by atoms with Gasteiger partial charge in [0.2, 0.25) is 0 Å². The van der Waals surface area contributed by atoms with Crippen LogP contribution in [0.15, 0.2) is 47.6 Å². The Morgan fingerprint density at radius 1 is 0.926 bits per heavy atom. The minimum atomic E-state index is -1.11. The molecule has 27 heavy (non-hydrogen) atoms. The van der Waals surface area contributed by atoms with Gasteiger partial charge in [0.15, 0.2) is 0 Å². The number of rotatable bonds is 8. The Labute approximate surface area is 159 Å². The van der Waals surface area contributed by atoms with Crippen molar-refractivity contribution in [2.24, 2.45) is 0 Å². The summed E-state index contributed by atoms with van der Waals surface area (Å²) < 4.78 is 14.3. The first-order valence-corrected chi connectivity index (χ1v) is 8.79. The van der Waals surface area contributed by atoms with Crippen LogP contribution in [0.3, 0.4) is 0 Å². The zero-order valence-corrected chi connectivity index (χ0v) is 16.2. The highest BCUT2D eigenvalue weighted by atomic mass is 16.7. The lowest BCUT2D eigenvalue weighted by Gasteiger charge is -2.08. The Kier molecular flexibility index (Phi) is 9.58. The minimum Gasteiger partial charge on any atom is -0.458 e. The largest absolute Gasteiger partial charge is 0.516 e. The summed E-state index contributed by atoms with van der Waals surface area (Å²) in [5, 5.41) is 0. The van der Waals surface area contributed by atoms with Crippen molar-refractivity contribution in [2.75, 3.05) is 13.2 Å². The van der Waals surface area contributed by atoms with Crippen molar-refractivity contribution in [3.8, 4) is 0 Å². The van der Waals surface area contributed by atoms with Gasteiger partial charge in [-0.05, 0) is 58.7 Å². The van der Waals surface area contributed by atoms with Crippen molar-refractivity contribution in [2.45, 2.75) is 40.5 Å². The van der Waals surface area contributed by atoms with Gasteiger partial charge in [0.05, 0.1) is 17.7 Å². The summed E-state index contributed by atoms with van der Waals surface area (Å²) in [6.45, 7) is 7.83. The van der Waals surface area contributed by atoms with E-state index in [0.29, 0.717) is 0 Å². The fraction of sp³-hybridized carbons (Fsp3) is 0.381. The molecule has 0 saturated heterocycles. The number of allylic oxidation sites excluding steroid dienone is 3. The Balaban J connectivity index is 2.69. The lowest BCUT2D eigenvalue weighted by molar-refractivity contribution is 0.0388. The lowest BCUT2D eigenvalue weighted by Crippen LogP contribution is -2.18. The van der Waals surface area contributed by atoms with Gasteiger partial charge in [-0.25, -0.2) is 14.4 Å². The Morgan fingerprint density at radius 3 is 2.15 bits per heavy atom. The van der Waals surface area contributed by atoms with Gasteiger partial charge in [-0.2, -0.15) is 0 Å². The zero-order chi connectivity index (χ0) is 20.2. The van der Waals surface area contributed by atoms with E-state index in [9.17, 15) is 14.4 Å². The van der Waals surface area contributed by atoms with Crippen LogP contribution in [0, 0.1) is 0 Å². The van der Waals surface area contributed by atoms with Crippen molar-refractivity contribution >= 4 is 18.1 Å². The molecule has 0 unspecified atom stereocenters. The van der Waals surface area contributed by atoms with E-state index in [1.54, 1.807) is 19.1 Å². The second-order valence-corrected chi connectivity index (χ2v) is 6.09. The molecule has 0 aromatic heterocycles. The molecule has 0 atom stereocenters. The minimum absolute atomic E-state index is 0.0300. The first kappa shape index (κ1) is 22.2. The summed E-state index contributed by atoms with van der Waals surface area (Å²) in [4.78, 5) is 35.6. The van der Waals surface area contributed by atoms with E-state index in [1.165, 1.54) is 17.7 Å². The molecule has 0 spiro atoms. The zero-order valence-electron chi connectivity index (χ0n) is 16.2. The van der Waals surface area contributed by atoms with Crippen LogP contribution in [0.4, 0.5) is 4.79 Å². The molecule has 1 rings (SSSR count). The summed E-state index contributed by atoms with van der Waals surface area (Å²) >= 11 is 0. The molecule has 146 valence electrons. The molecule has 6 nitrogen and oxygen atoms in total. The molecule has 0 aliphatic rings. The van der Waals surface area contributed by atoms with Gasteiger partial charge in [0.1, 0.15) is 6.61 Å². The normalized spacial score (nSPS) is 10.7. The Hall–Kier alpha value is -2.89. The van der Waals surface area contributed by atoms with E-state index in [4.69, 9.17) is 4.74 Å². The number of hydrogen-bond donors (Lipinski definition) is 0. The molecule has 1 aromatic carbocycles. The van der Waals surface area contributed by atoms with E-state index in [-0.39, 0.29) is 24.3 Å². The van der Waals surface area contributed by atoms with E-state index in [1.807, 2.05) is 26.8 Å². The fourth-order valence-corrected chi connectivity index (χ4v) is 2.15. The molecule has 0 aliphatic heterocycles. The van der Waals surface area contributed by atoms with E-state index in [2.05, 4.69) is 15.5 Å². The van der Waals surface area contributed by atoms with Crippen molar-refractivity contribution in [1.29, 1.82) is 0 Å². The lowest BCUT2D eigenvalue weighted by atomic mass is 10.1. The van der Waals surface area contributed by atoms with Gasteiger partial charge in [0, 0.05) is 0 Å². The van der Waals surface area contributed by atoms with Gasteiger partial charge >= 0.3 is 18.1 Å². The number of carbonyl (C=O) groups is 3. The summed E-state index contributed by atoms with van der Waals surface area (Å²) in [6, 6.07) is 5.98. The second kappa shape index (κ2) is 11.7. The summed E-state index contributed by atoms with van der Waals surface area (Å²) in [5.74, 6) is -1.63. The van der Waals surface area contributed by atoms with Gasteiger partial charge in [-0.1, -0.05) is 29.4 Å². The third-order valence-corrected chi connectivity index (χ3v) is 3.54. The highest BCUT2D eigenvalue weighted by Crippen LogP contribution is 2.13. The third-order valence-electron chi connectivity index (χ3n) is 3.54. The van der Waals surface area contributed by atoms with E-state index >= 15 is 0 Å². The average Bonchev–Trinajstić information content (AvgIpc) is 2.61. The van der Waals surface area contributed by atoms with Crippen LogP contribution >= 0.6 is 0 Å². The van der Waals surface area contributed by atoms with Crippen LogP contribution in [0.1, 0.15) is 61.3 Å². The SMILES string of the molecule is CCOC(=O)OC(=O)c1ccccc1C(=O)OC/C=C(\C)CCC=C(C)C. The molecule has 6 heteroatoms. The molecular weight excluding hydrogens is 348 g/mol. The summed E-state index contributed by atoms with van der Waals surface area (Å²) in [7, 11) is 0.